The summed E-state index contributed by atoms with van der Waals surface area (Å²) in [6.45, 7) is 0. The number of aromatic nitrogens is 4. The minimum Gasteiger partial charge on any atom is -0.456 e. The molecule has 4 heterocycles. The fourth-order valence-corrected chi connectivity index (χ4v) is 11.7. The van der Waals surface area contributed by atoms with Crippen LogP contribution in [0, 0.1) is 0 Å². The first kappa shape index (κ1) is 35.6. The third-order valence-corrected chi connectivity index (χ3v) is 14.6. The Hall–Kier alpha value is -7.93. The Morgan fingerprint density at radius 2 is 1.14 bits per heavy atom. The SMILES string of the molecule is c1ccc2c(c1)-c1ccccc1C2CCc1nc(-c2ccc3oc4ccccc4c3c2)nc(-c2ccc3sc4ccccc4c3c2-n2c3ccccc3c3cc4ccccc4cc32)n1. The Kier molecular flexibility index (Phi) is 7.68. The maximum absolute atomic E-state index is 6.28. The molecule has 1 aliphatic rings. The van der Waals surface area contributed by atoms with E-state index in [1.165, 1.54) is 64.0 Å². The quantitative estimate of drug-likeness (QED) is 0.167. The van der Waals surface area contributed by atoms with E-state index in [1.54, 1.807) is 0 Å². The zero-order valence-electron chi connectivity index (χ0n) is 34.5. The minimum atomic E-state index is 0.237. The van der Waals surface area contributed by atoms with Crippen LogP contribution in [0.4, 0.5) is 0 Å². The summed E-state index contributed by atoms with van der Waals surface area (Å²) in [7, 11) is 0. The molecule has 14 rings (SSSR count). The van der Waals surface area contributed by atoms with Gasteiger partial charge in [0.25, 0.3) is 0 Å². The summed E-state index contributed by atoms with van der Waals surface area (Å²) in [5.41, 5.74) is 12.3. The highest BCUT2D eigenvalue weighted by Crippen LogP contribution is 2.48. The van der Waals surface area contributed by atoms with Crippen LogP contribution in [0.15, 0.2) is 192 Å². The molecule has 0 amide bonds. The number of rotatable bonds is 6. The van der Waals surface area contributed by atoms with Gasteiger partial charge >= 0.3 is 0 Å². The van der Waals surface area contributed by atoms with Gasteiger partial charge < -0.3 is 8.98 Å². The normalized spacial score (nSPS) is 12.8. The van der Waals surface area contributed by atoms with Crippen LogP contribution in [-0.4, -0.2) is 19.5 Å². The molecule has 0 aliphatic heterocycles. The summed E-state index contributed by atoms with van der Waals surface area (Å²) in [5, 5.41) is 9.37. The van der Waals surface area contributed by atoms with Gasteiger partial charge in [-0.25, -0.2) is 15.0 Å². The van der Waals surface area contributed by atoms with Crippen LogP contribution in [0.2, 0.25) is 0 Å². The minimum absolute atomic E-state index is 0.237. The molecule has 0 saturated heterocycles. The van der Waals surface area contributed by atoms with Gasteiger partial charge in [0, 0.05) is 65.2 Å². The van der Waals surface area contributed by atoms with Crippen molar-refractivity contribution in [3.8, 4) is 39.6 Å². The van der Waals surface area contributed by atoms with E-state index in [2.05, 4.69) is 180 Å². The molecule has 13 aromatic rings. The summed E-state index contributed by atoms with van der Waals surface area (Å²) < 4.78 is 11.2. The molecule has 1 aliphatic carbocycles. The predicted octanol–water partition coefficient (Wildman–Crippen LogP) is 15.5. The molecular weight excluding hydrogens is 801 g/mol. The zero-order chi connectivity index (χ0) is 41.9. The average molecular weight is 837 g/mol. The van der Waals surface area contributed by atoms with Gasteiger partial charge in [-0.2, -0.15) is 0 Å². The van der Waals surface area contributed by atoms with Crippen molar-refractivity contribution < 1.29 is 4.42 Å². The molecule has 9 aromatic carbocycles. The summed E-state index contributed by atoms with van der Waals surface area (Å²) >= 11 is 1.83. The first-order valence-electron chi connectivity index (χ1n) is 21.9. The van der Waals surface area contributed by atoms with Gasteiger partial charge in [-0.1, -0.05) is 127 Å². The smallest absolute Gasteiger partial charge is 0.165 e. The van der Waals surface area contributed by atoms with Crippen molar-refractivity contribution in [2.24, 2.45) is 0 Å². The highest BCUT2D eigenvalue weighted by molar-refractivity contribution is 7.25. The lowest BCUT2D eigenvalue weighted by Crippen LogP contribution is -2.07. The Bertz CT molecular complexity index is 4020. The van der Waals surface area contributed by atoms with E-state index in [1.807, 2.05) is 23.5 Å². The van der Waals surface area contributed by atoms with Crippen molar-refractivity contribution in [3.63, 3.8) is 0 Å². The van der Waals surface area contributed by atoms with Crippen LogP contribution in [0.1, 0.15) is 29.3 Å². The highest BCUT2D eigenvalue weighted by Gasteiger charge is 2.29. The zero-order valence-corrected chi connectivity index (χ0v) is 35.3. The van der Waals surface area contributed by atoms with E-state index in [-0.39, 0.29) is 5.92 Å². The third kappa shape index (κ3) is 5.33. The van der Waals surface area contributed by atoms with Gasteiger partial charge in [0.2, 0.25) is 0 Å². The second-order valence-electron chi connectivity index (χ2n) is 17.0. The predicted molar refractivity (Wildman–Crippen MR) is 265 cm³/mol. The molecule has 64 heavy (non-hydrogen) atoms. The molecule has 5 nitrogen and oxygen atoms in total. The molecule has 300 valence electrons. The van der Waals surface area contributed by atoms with E-state index in [0.29, 0.717) is 18.1 Å². The van der Waals surface area contributed by atoms with Crippen molar-refractivity contribution in [3.05, 3.63) is 205 Å². The molecule has 4 aromatic heterocycles. The van der Waals surface area contributed by atoms with E-state index < -0.39 is 0 Å². The molecule has 0 N–H and O–H groups in total. The first-order valence-corrected chi connectivity index (χ1v) is 22.8. The summed E-state index contributed by atoms with van der Waals surface area (Å²) in [6, 6.07) is 67.7. The van der Waals surface area contributed by atoms with Crippen LogP contribution >= 0.6 is 11.3 Å². The topological polar surface area (TPSA) is 56.7 Å². The van der Waals surface area contributed by atoms with Crippen LogP contribution in [-0.2, 0) is 6.42 Å². The van der Waals surface area contributed by atoms with E-state index in [9.17, 15) is 0 Å². The van der Waals surface area contributed by atoms with Crippen LogP contribution in [0.3, 0.4) is 0 Å². The number of nitrogens with zero attached hydrogens (tertiary/aromatic N) is 4. The second-order valence-corrected chi connectivity index (χ2v) is 18.1. The van der Waals surface area contributed by atoms with Crippen molar-refractivity contribution in [1.82, 2.24) is 19.5 Å². The Morgan fingerprint density at radius 3 is 1.98 bits per heavy atom. The summed E-state index contributed by atoms with van der Waals surface area (Å²) in [6.07, 6.45) is 1.54. The lowest BCUT2D eigenvalue weighted by molar-refractivity contribution is 0.669. The van der Waals surface area contributed by atoms with Gasteiger partial charge in [-0.3, -0.25) is 0 Å². The van der Waals surface area contributed by atoms with E-state index >= 15 is 0 Å². The van der Waals surface area contributed by atoms with Crippen LogP contribution in [0.5, 0.6) is 0 Å². The van der Waals surface area contributed by atoms with Crippen molar-refractivity contribution in [2.45, 2.75) is 18.8 Å². The number of para-hydroxylation sites is 2. The van der Waals surface area contributed by atoms with Crippen molar-refractivity contribution in [1.29, 1.82) is 0 Å². The Labute approximate surface area is 371 Å². The maximum atomic E-state index is 6.28. The molecule has 0 spiro atoms. The number of aryl methyl sites for hydroxylation is 1. The number of hydrogen-bond donors (Lipinski definition) is 0. The molecule has 6 heteroatoms. The van der Waals surface area contributed by atoms with E-state index in [4.69, 9.17) is 19.4 Å². The highest BCUT2D eigenvalue weighted by atomic mass is 32.1. The Balaban J connectivity index is 1.03. The Morgan fingerprint density at radius 1 is 0.469 bits per heavy atom. The summed E-state index contributed by atoms with van der Waals surface area (Å²) in [5.74, 6) is 2.31. The number of fused-ring (bicyclic) bond motifs is 13. The molecule has 0 atom stereocenters. The van der Waals surface area contributed by atoms with Gasteiger partial charge in [0.15, 0.2) is 11.6 Å². The molecule has 0 radical (unpaired) electrons. The number of hydrogen-bond acceptors (Lipinski definition) is 5. The van der Waals surface area contributed by atoms with Crippen LogP contribution in [0.25, 0.3) is 114 Å². The largest absolute Gasteiger partial charge is 0.456 e. The van der Waals surface area contributed by atoms with Gasteiger partial charge in [0.05, 0.1) is 16.7 Å². The first-order chi connectivity index (χ1) is 31.7. The molecule has 0 bridgehead atoms. The number of furan rings is 1. The second kappa shape index (κ2) is 13.8. The van der Waals surface area contributed by atoms with Gasteiger partial charge in [-0.05, 0) is 100 Å². The van der Waals surface area contributed by atoms with Crippen molar-refractivity contribution in [2.75, 3.05) is 0 Å². The lowest BCUT2D eigenvalue weighted by atomic mass is 9.92. The molecule has 0 unspecified atom stereocenters. The maximum Gasteiger partial charge on any atom is 0.165 e. The number of thiophene rings is 1. The molecular formula is C58H36N4OS. The molecule has 0 fully saturated rings. The fourth-order valence-electron chi connectivity index (χ4n) is 10.6. The molecule has 0 saturated carbocycles. The fraction of sp³-hybridized carbons (Fsp3) is 0.0517. The third-order valence-electron chi connectivity index (χ3n) is 13.5. The van der Waals surface area contributed by atoms with E-state index in [0.717, 1.165) is 62.0 Å². The van der Waals surface area contributed by atoms with Gasteiger partial charge in [-0.15, -0.1) is 11.3 Å². The summed E-state index contributed by atoms with van der Waals surface area (Å²) in [4.78, 5) is 16.3. The number of benzene rings is 9. The lowest BCUT2D eigenvalue weighted by Gasteiger charge is -2.17. The standard InChI is InChI=1S/C58H36N4OS/c1-2-14-35-33-49-46(31-34(35)13-1)42-19-7-10-22-48(42)62(49)56-45(26-29-53-55(56)44-21-9-12-24-52(44)64-53)58-60-54(30-27-41-39-17-5-3-15-37(39)38-16-4-6-18-40(38)41)59-57(61-58)36-25-28-51-47(32-36)43-20-8-11-23-50(43)63-51/h1-26,28-29,31-33,41H,27,30H2. The van der Waals surface area contributed by atoms with Crippen molar-refractivity contribution >= 4 is 86.0 Å². The van der Waals surface area contributed by atoms with Crippen LogP contribution < -0.4 is 0 Å². The average Bonchev–Trinajstić information content (AvgIpc) is 4.10. The monoisotopic (exact) mass is 836 g/mol. The van der Waals surface area contributed by atoms with Gasteiger partial charge in [0.1, 0.15) is 17.0 Å².